The quantitative estimate of drug-likeness (QED) is 0.0558. The first-order valence-electron chi connectivity index (χ1n) is 26.9. The molecule has 4 aromatic carbocycles. The van der Waals surface area contributed by atoms with Gasteiger partial charge in [-0.2, -0.15) is 0 Å². The maximum absolute atomic E-state index is 14.2. The lowest BCUT2D eigenvalue weighted by Gasteiger charge is -2.58. The molecule has 1 amide bonds. The van der Waals surface area contributed by atoms with Crippen LogP contribution in [0.15, 0.2) is 108 Å². The van der Waals surface area contributed by atoms with Gasteiger partial charge in [0.25, 0.3) is 21.6 Å². The third kappa shape index (κ3) is 10.8. The number of carbonyl (C=O) groups is 1. The van der Waals surface area contributed by atoms with Crippen LogP contribution in [0.25, 0.3) is 11.0 Å². The fourth-order valence-electron chi connectivity index (χ4n) is 12.7. The van der Waals surface area contributed by atoms with Gasteiger partial charge in [-0.3, -0.25) is 24.7 Å². The molecule has 76 heavy (non-hydrogen) atoms. The summed E-state index contributed by atoms with van der Waals surface area (Å²) in [6.45, 7) is 10.2. The number of aliphatic hydroxyl groups excluding tert-OH is 1. The number of hydrogen-bond acceptors (Lipinski definition) is 14. The second-order valence-electron chi connectivity index (χ2n) is 22.1. The van der Waals surface area contributed by atoms with E-state index < -0.39 is 31.4 Å². The molecule has 18 heteroatoms. The van der Waals surface area contributed by atoms with Gasteiger partial charge >= 0.3 is 0 Å². The number of benzene rings is 4. The van der Waals surface area contributed by atoms with Crippen molar-refractivity contribution in [3.8, 4) is 23.0 Å². The van der Waals surface area contributed by atoms with E-state index in [0.717, 1.165) is 101 Å². The van der Waals surface area contributed by atoms with Crippen LogP contribution in [0.5, 0.6) is 23.0 Å². The maximum atomic E-state index is 14.2. The van der Waals surface area contributed by atoms with E-state index in [-0.39, 0.29) is 53.0 Å². The molecule has 2 saturated heterocycles. The predicted molar refractivity (Wildman–Crippen MR) is 291 cm³/mol. The first kappa shape index (κ1) is 51.4. The molecule has 1 unspecified atom stereocenters. The highest BCUT2D eigenvalue weighted by Gasteiger charge is 2.50. The molecular weight excluding hydrogens is 985 g/mol. The summed E-state index contributed by atoms with van der Waals surface area (Å²) in [5.74, 6) is 1.14. The van der Waals surface area contributed by atoms with Crippen LogP contribution in [-0.2, 0) is 16.6 Å². The van der Waals surface area contributed by atoms with E-state index in [1.54, 1.807) is 37.7 Å². The largest absolute Gasteiger partial charge is 0.497 e. The minimum atomic E-state index is -4.67. The average molecular weight is 1050 g/mol. The number of pyridine rings is 1. The monoisotopic (exact) mass is 1050 g/mol. The number of H-pyrrole nitrogens is 1. The fraction of sp³-hybridized carbons (Fsp3) is 0.448. The summed E-state index contributed by atoms with van der Waals surface area (Å²) < 4.78 is 48.2. The molecule has 0 bridgehead atoms. The van der Waals surface area contributed by atoms with E-state index in [1.165, 1.54) is 22.8 Å². The van der Waals surface area contributed by atoms with Crippen LogP contribution in [0.1, 0.15) is 111 Å². The number of methoxy groups -OCH3 is 1. The van der Waals surface area contributed by atoms with Crippen LogP contribution >= 0.6 is 0 Å². The van der Waals surface area contributed by atoms with E-state index in [2.05, 4.69) is 91.0 Å². The molecule has 2 aromatic heterocycles. The second-order valence-corrected chi connectivity index (χ2v) is 23.8. The highest BCUT2D eigenvalue weighted by atomic mass is 32.2. The maximum Gasteiger partial charge on any atom is 0.297 e. The van der Waals surface area contributed by atoms with Crippen LogP contribution in [0.3, 0.4) is 0 Å². The number of sulfonamides is 1. The van der Waals surface area contributed by atoms with Gasteiger partial charge in [0.05, 0.1) is 40.8 Å². The number of fused-ring (bicyclic) bond motifs is 2. The van der Waals surface area contributed by atoms with E-state index in [0.29, 0.717) is 48.5 Å². The highest BCUT2D eigenvalue weighted by molar-refractivity contribution is 7.90. The SMILES string of the molecule is COc1cccc(CN2CCN(C3CC4(CCN(c5ccc(C(=O)NS(=O)(=O)c6cc7c(c([N+](=O)[O-])c6)N[C@H](C[C@H]6CC[C@H](O)CC6)CO7)c(Oc6cnc7[nH]ccc7c6)c5)CC4)C3)C(c3ccccc3C(C)C)C2)c1. The van der Waals surface area contributed by atoms with Crippen molar-refractivity contribution in [3.63, 3.8) is 0 Å². The zero-order valence-corrected chi connectivity index (χ0v) is 44.3. The van der Waals surface area contributed by atoms with Crippen molar-refractivity contribution < 1.29 is 37.5 Å². The molecule has 2 atom stereocenters. The minimum absolute atomic E-state index is 0.00926. The van der Waals surface area contributed by atoms with Crippen molar-refractivity contribution >= 4 is 44.0 Å². The van der Waals surface area contributed by atoms with Gasteiger partial charge in [0.1, 0.15) is 29.5 Å². The van der Waals surface area contributed by atoms with Gasteiger partial charge in [-0.1, -0.05) is 50.2 Å². The predicted octanol–water partition coefficient (Wildman–Crippen LogP) is 9.94. The number of piperidine rings is 1. The topological polar surface area (TPSA) is 205 Å². The van der Waals surface area contributed by atoms with Gasteiger partial charge in [0.15, 0.2) is 11.4 Å². The molecule has 3 aliphatic heterocycles. The number of ether oxygens (including phenoxy) is 3. The number of carbonyl (C=O) groups excluding carboxylic acids is 1. The number of piperazine rings is 1. The van der Waals surface area contributed by atoms with Gasteiger partial charge in [-0.25, -0.2) is 18.1 Å². The van der Waals surface area contributed by atoms with Crippen molar-refractivity contribution in [1.82, 2.24) is 24.5 Å². The molecule has 1 spiro atoms. The summed E-state index contributed by atoms with van der Waals surface area (Å²) in [6, 6.07) is 28.9. The van der Waals surface area contributed by atoms with Gasteiger partial charge in [0, 0.05) is 86.8 Å². The Balaban J connectivity index is 0.789. The van der Waals surface area contributed by atoms with Crippen molar-refractivity contribution in [2.24, 2.45) is 11.3 Å². The molecule has 400 valence electrons. The summed E-state index contributed by atoms with van der Waals surface area (Å²) in [5, 5.41) is 26.4. The first-order valence-corrected chi connectivity index (χ1v) is 28.3. The number of nitrogens with one attached hydrogen (secondary N) is 3. The lowest BCUT2D eigenvalue weighted by Crippen LogP contribution is -2.60. The Hall–Kier alpha value is -6.73. The molecule has 6 aromatic rings. The Bertz CT molecular complexity index is 3220. The molecule has 11 rings (SSSR count). The molecule has 4 fully saturated rings. The van der Waals surface area contributed by atoms with E-state index in [4.69, 9.17) is 14.2 Å². The lowest BCUT2D eigenvalue weighted by atomic mass is 9.59. The number of anilines is 2. The molecule has 2 aliphatic carbocycles. The minimum Gasteiger partial charge on any atom is -0.497 e. The first-order chi connectivity index (χ1) is 36.7. The molecule has 17 nitrogen and oxygen atoms in total. The molecular formula is C58H68N8O9S. The molecule has 4 N–H and O–H groups in total. The summed E-state index contributed by atoms with van der Waals surface area (Å²) in [5.41, 5.74) is 5.38. The Morgan fingerprint density at radius 1 is 0.961 bits per heavy atom. The lowest BCUT2D eigenvalue weighted by molar-refractivity contribution is -0.384. The molecule has 0 radical (unpaired) electrons. The summed E-state index contributed by atoms with van der Waals surface area (Å²) in [6.07, 6.45) is 11.1. The number of aromatic amines is 1. The van der Waals surface area contributed by atoms with Gasteiger partial charge in [-0.05, 0) is 128 Å². The van der Waals surface area contributed by atoms with E-state index in [1.807, 2.05) is 18.2 Å². The summed E-state index contributed by atoms with van der Waals surface area (Å²) in [4.78, 5) is 40.8. The van der Waals surface area contributed by atoms with Crippen molar-refractivity contribution in [1.29, 1.82) is 0 Å². The number of amides is 1. The Morgan fingerprint density at radius 2 is 1.76 bits per heavy atom. The van der Waals surface area contributed by atoms with Crippen molar-refractivity contribution in [2.45, 2.75) is 113 Å². The summed E-state index contributed by atoms with van der Waals surface area (Å²) in [7, 11) is -2.96. The number of aromatic nitrogens is 2. The van der Waals surface area contributed by atoms with Gasteiger partial charge < -0.3 is 34.5 Å². The standard InChI is InChI=1S/C58H68N8O9S/c1-37(2)48-9-4-5-10-49(48)52-35-63(34-39-7-6-8-45(26-39)73-3)23-24-65(52)43-31-58(32-43)18-21-64(22-19-58)42-13-16-50(53(28-42)75-46-27-40-17-20-59-56(40)60-33-46)57(68)62-76(71,72)47-29-51(66(69)70)55-54(30-47)74-36-41(61-55)25-38-11-14-44(67)15-12-38/h4-10,13,16-17,20,26-30,33,37-38,41,43-44,52,61,67H,11-12,14-15,18-19,21-25,31-32,34-36H2,1-3H3,(H,59,60)(H,62,68)/t38-,41-,44-,52?/m1/s1. The van der Waals surface area contributed by atoms with Crippen molar-refractivity contribution in [2.75, 3.05) is 56.7 Å². The van der Waals surface area contributed by atoms with Crippen LogP contribution in [0.2, 0.25) is 0 Å². The normalized spacial score (nSPS) is 22.1. The number of rotatable bonds is 15. The van der Waals surface area contributed by atoms with Crippen LogP contribution in [0, 0.1) is 21.4 Å². The second kappa shape index (κ2) is 21.4. The van der Waals surface area contributed by atoms with E-state index >= 15 is 0 Å². The van der Waals surface area contributed by atoms with Crippen LogP contribution < -0.4 is 29.1 Å². The highest BCUT2D eigenvalue weighted by Crippen LogP contribution is 2.54. The molecule has 5 heterocycles. The summed E-state index contributed by atoms with van der Waals surface area (Å²) >= 11 is 0. The zero-order chi connectivity index (χ0) is 52.7. The number of nitro groups is 1. The van der Waals surface area contributed by atoms with Gasteiger partial charge in [0.2, 0.25) is 0 Å². The number of aliphatic hydroxyl groups is 1. The fourth-order valence-corrected chi connectivity index (χ4v) is 13.7. The number of nitro benzene ring substituents is 1. The van der Waals surface area contributed by atoms with Crippen molar-refractivity contribution in [3.05, 3.63) is 136 Å². The third-order valence-corrected chi connectivity index (χ3v) is 18.2. The van der Waals surface area contributed by atoms with E-state index in [9.17, 15) is 28.4 Å². The number of nitrogens with zero attached hydrogens (tertiary/aromatic N) is 5. The Labute approximate surface area is 444 Å². The van der Waals surface area contributed by atoms with Crippen LogP contribution in [0.4, 0.5) is 17.1 Å². The number of hydrogen-bond donors (Lipinski definition) is 4. The Kier molecular flexibility index (Phi) is 14.4. The molecule has 5 aliphatic rings. The van der Waals surface area contributed by atoms with Crippen LogP contribution in [-0.4, -0.2) is 109 Å². The average Bonchev–Trinajstić information content (AvgIpc) is 3.92. The van der Waals surface area contributed by atoms with Gasteiger partial charge in [-0.15, -0.1) is 0 Å². The third-order valence-electron chi connectivity index (χ3n) is 16.8. The smallest absolute Gasteiger partial charge is 0.297 e. The Morgan fingerprint density at radius 3 is 2.54 bits per heavy atom. The molecule has 2 saturated carbocycles. The zero-order valence-electron chi connectivity index (χ0n) is 43.5.